The maximum Gasteiger partial charge on any atom is 1.00 e. The van der Waals surface area contributed by atoms with E-state index in [1.54, 1.807) is 7.11 Å². The van der Waals surface area contributed by atoms with Gasteiger partial charge < -0.3 is 14.6 Å². The van der Waals surface area contributed by atoms with Gasteiger partial charge in [-0.05, 0) is 25.7 Å². The van der Waals surface area contributed by atoms with Crippen molar-refractivity contribution in [3.8, 4) is 0 Å². The number of carboxylic acid groups (broad SMARTS) is 1. The van der Waals surface area contributed by atoms with E-state index in [0.29, 0.717) is 6.10 Å². The van der Waals surface area contributed by atoms with Gasteiger partial charge in [0.05, 0.1) is 6.10 Å². The summed E-state index contributed by atoms with van der Waals surface area (Å²) >= 11 is 0. The van der Waals surface area contributed by atoms with Crippen molar-refractivity contribution in [2.45, 2.75) is 39.2 Å². The molecule has 0 aromatic heterocycles. The van der Waals surface area contributed by atoms with E-state index in [2.05, 4.69) is 13.3 Å². The van der Waals surface area contributed by atoms with Crippen LogP contribution >= 0.6 is 0 Å². The van der Waals surface area contributed by atoms with E-state index in [1.165, 1.54) is 19.3 Å². The van der Waals surface area contributed by atoms with Gasteiger partial charge in [0.25, 0.3) is 0 Å². The second kappa shape index (κ2) is 9.90. The van der Waals surface area contributed by atoms with Crippen molar-refractivity contribution in [2.24, 2.45) is 5.92 Å². The van der Waals surface area contributed by atoms with Crippen LogP contribution in [0.3, 0.4) is 0 Å². The molecule has 1 aliphatic rings. The third-order valence-electron chi connectivity index (χ3n) is 1.99. The van der Waals surface area contributed by atoms with Gasteiger partial charge in [-0.1, -0.05) is 19.8 Å². The van der Waals surface area contributed by atoms with Crippen LogP contribution in [0.5, 0.6) is 0 Å². The number of carbonyl (C=O) groups is 1. The summed E-state index contributed by atoms with van der Waals surface area (Å²) in [6.45, 7) is 3.23. The number of rotatable bonds is 1. The van der Waals surface area contributed by atoms with Gasteiger partial charge in [-0.25, -0.2) is 0 Å². The van der Waals surface area contributed by atoms with E-state index in [0.717, 1.165) is 12.8 Å². The van der Waals surface area contributed by atoms with Crippen molar-refractivity contribution in [1.29, 1.82) is 0 Å². The molecule has 0 spiro atoms. The maximum atomic E-state index is 8.89. The fourth-order valence-electron chi connectivity index (χ4n) is 1.40. The van der Waals surface area contributed by atoms with Crippen LogP contribution in [-0.2, 0) is 37.2 Å². The monoisotopic (exact) mass is 388 g/mol. The molecule has 1 fully saturated rings. The molecule has 0 heterocycles. The Kier molecular flexibility index (Phi) is 11.9. The summed E-state index contributed by atoms with van der Waals surface area (Å²) in [7, 11) is 1.79. The Morgan fingerprint density at radius 2 is 2.00 bits per heavy atom. The summed E-state index contributed by atoms with van der Waals surface area (Å²) < 4.78 is 5.21. The standard InChI is InChI=1S/C8H15O.C2H4O2.Hg/c1-7-4-3-5-8(6-7)9-2;1-2(3)4;/h6-8H,3-5H2,1-2H3;1H3,(H,3,4);/q;;+1/p-1/t7-,8-;;/m1../s1. The minimum absolute atomic E-state index is 0. The molecule has 2 atom stereocenters. The molecule has 3 nitrogen and oxygen atoms in total. The second-order valence-corrected chi connectivity index (χ2v) is 3.37. The van der Waals surface area contributed by atoms with Crippen LogP contribution in [0.25, 0.3) is 0 Å². The number of hydrogen-bond donors (Lipinski definition) is 0. The number of aliphatic carboxylic acids is 1. The zero-order valence-corrected chi connectivity index (χ0v) is 14.8. The fourth-order valence-corrected chi connectivity index (χ4v) is 1.40. The van der Waals surface area contributed by atoms with Gasteiger partial charge in [-0.15, -0.1) is 0 Å². The van der Waals surface area contributed by atoms with Crippen molar-refractivity contribution < 1.29 is 42.3 Å². The molecule has 0 bridgehead atoms. The maximum absolute atomic E-state index is 8.89. The molecule has 0 unspecified atom stereocenters. The van der Waals surface area contributed by atoms with Crippen LogP contribution in [0.1, 0.15) is 33.1 Å². The molecule has 0 aliphatic heterocycles. The summed E-state index contributed by atoms with van der Waals surface area (Å²) in [5, 5.41) is 8.89. The molecule has 0 aromatic carbocycles. The summed E-state index contributed by atoms with van der Waals surface area (Å²) in [4.78, 5) is 8.89. The normalized spacial score (nSPS) is 25.4. The van der Waals surface area contributed by atoms with Gasteiger partial charge in [-0.2, -0.15) is 0 Å². The molecule has 78 valence electrons. The smallest absolute Gasteiger partial charge is 0.550 e. The van der Waals surface area contributed by atoms with Gasteiger partial charge in [0.15, 0.2) is 0 Å². The number of ether oxygens (including phenoxy) is 1. The minimum atomic E-state index is -1.08. The van der Waals surface area contributed by atoms with Crippen molar-refractivity contribution in [1.82, 2.24) is 0 Å². The number of hydrogen-bond acceptors (Lipinski definition) is 3. The van der Waals surface area contributed by atoms with Crippen molar-refractivity contribution >= 4 is 5.97 Å². The molecular formula is C10H18HgO3. The summed E-state index contributed by atoms with van der Waals surface area (Å²) in [5.41, 5.74) is 0. The summed E-state index contributed by atoms with van der Waals surface area (Å²) in [6, 6.07) is 0. The first-order valence-corrected chi connectivity index (χ1v) is 4.61. The Balaban J connectivity index is 0. The Bertz CT molecular complexity index is 146. The molecule has 4 heteroatoms. The topological polar surface area (TPSA) is 49.4 Å². The Hall–Kier alpha value is 0.365. The van der Waals surface area contributed by atoms with E-state index in [1.807, 2.05) is 0 Å². The fraction of sp³-hybridized carbons (Fsp3) is 0.800. The zero-order chi connectivity index (χ0) is 10.3. The molecule has 1 aliphatic carbocycles. The first-order chi connectivity index (χ1) is 6.06. The van der Waals surface area contributed by atoms with Crippen LogP contribution in [0.2, 0.25) is 0 Å². The molecule has 0 N–H and O–H groups in total. The Morgan fingerprint density at radius 1 is 1.50 bits per heavy atom. The quantitative estimate of drug-likeness (QED) is 0.626. The average molecular weight is 387 g/mol. The average Bonchev–Trinajstić information content (AvgIpc) is 2.03. The van der Waals surface area contributed by atoms with Crippen molar-refractivity contribution in [3.05, 3.63) is 6.42 Å². The Morgan fingerprint density at radius 3 is 2.29 bits per heavy atom. The first-order valence-electron chi connectivity index (χ1n) is 4.61. The zero-order valence-electron chi connectivity index (χ0n) is 9.29. The number of carboxylic acids is 1. The van der Waals surface area contributed by atoms with Crippen LogP contribution in [0, 0.1) is 12.3 Å². The predicted octanol–water partition coefficient (Wildman–Crippen LogP) is 0.779. The largest absolute Gasteiger partial charge is 1.00 e. The summed E-state index contributed by atoms with van der Waals surface area (Å²) in [5.74, 6) is -0.316. The van der Waals surface area contributed by atoms with Gasteiger partial charge in [0, 0.05) is 13.1 Å². The third-order valence-corrected chi connectivity index (χ3v) is 1.99. The van der Waals surface area contributed by atoms with E-state index >= 15 is 0 Å². The third kappa shape index (κ3) is 10.4. The van der Waals surface area contributed by atoms with Crippen LogP contribution in [-0.4, -0.2) is 19.2 Å². The molecule has 0 aromatic rings. The molecule has 2 radical (unpaired) electrons. The van der Waals surface area contributed by atoms with Gasteiger partial charge in [-0.3, -0.25) is 0 Å². The molecule has 1 rings (SSSR count). The van der Waals surface area contributed by atoms with E-state index in [4.69, 9.17) is 14.6 Å². The molecular weight excluding hydrogens is 369 g/mol. The van der Waals surface area contributed by atoms with Crippen LogP contribution < -0.4 is 5.11 Å². The van der Waals surface area contributed by atoms with Crippen molar-refractivity contribution in [2.75, 3.05) is 7.11 Å². The van der Waals surface area contributed by atoms with Gasteiger partial charge in [0.1, 0.15) is 0 Å². The SMILES string of the molecule is CC(=O)[O-].CO[C@H]1[CH][C@H](C)CCC1.[Hg+]. The molecule has 0 amide bonds. The van der Waals surface area contributed by atoms with Gasteiger partial charge in [0.2, 0.25) is 0 Å². The summed E-state index contributed by atoms with van der Waals surface area (Å²) in [6.07, 6.45) is 6.65. The first kappa shape index (κ1) is 16.8. The van der Waals surface area contributed by atoms with Crippen LogP contribution in [0.15, 0.2) is 0 Å². The van der Waals surface area contributed by atoms with Gasteiger partial charge >= 0.3 is 27.7 Å². The molecule has 1 saturated carbocycles. The minimum Gasteiger partial charge on any atom is -0.550 e. The van der Waals surface area contributed by atoms with E-state index in [9.17, 15) is 0 Å². The van der Waals surface area contributed by atoms with Crippen molar-refractivity contribution in [3.63, 3.8) is 0 Å². The Labute approximate surface area is 107 Å². The van der Waals surface area contributed by atoms with E-state index < -0.39 is 5.97 Å². The predicted molar refractivity (Wildman–Crippen MR) is 48.8 cm³/mol. The van der Waals surface area contributed by atoms with E-state index in [-0.39, 0.29) is 27.7 Å². The second-order valence-electron chi connectivity index (χ2n) is 3.37. The molecule has 0 saturated heterocycles. The van der Waals surface area contributed by atoms with Crippen LogP contribution in [0.4, 0.5) is 0 Å². The molecule has 14 heavy (non-hydrogen) atoms. The number of carbonyl (C=O) groups excluding carboxylic acids is 1. The number of methoxy groups -OCH3 is 1.